The van der Waals surface area contributed by atoms with Crippen molar-refractivity contribution < 1.29 is 23.5 Å². The quantitative estimate of drug-likeness (QED) is 0.671. The Balaban J connectivity index is 3.14. The van der Waals surface area contributed by atoms with Crippen molar-refractivity contribution in [2.24, 2.45) is 0 Å². The van der Waals surface area contributed by atoms with Crippen molar-refractivity contribution in [3.8, 4) is 0 Å². The Hall–Kier alpha value is -1.89. The average molecular weight is 346 g/mol. The molecule has 20 heavy (non-hydrogen) atoms. The standard InChI is InChI=1S/C13H13BrFNO4/c1-7-9(5-4-8(14)12(7)15)16-10(13(18)20-3)6-11(17)19-2/h4-6,16H,1-3H3/b10-6+. The molecule has 0 radical (unpaired) electrons. The Bertz CT molecular complexity index is 572. The van der Waals surface area contributed by atoms with E-state index in [0.29, 0.717) is 15.7 Å². The van der Waals surface area contributed by atoms with E-state index in [4.69, 9.17) is 0 Å². The lowest BCUT2D eigenvalue weighted by Gasteiger charge is -2.12. The number of hydrogen-bond donors (Lipinski definition) is 1. The Morgan fingerprint density at radius 1 is 1.30 bits per heavy atom. The Morgan fingerprint density at radius 3 is 2.50 bits per heavy atom. The van der Waals surface area contributed by atoms with E-state index in [1.54, 1.807) is 6.07 Å². The lowest BCUT2D eigenvalue weighted by Crippen LogP contribution is -2.16. The topological polar surface area (TPSA) is 64.6 Å². The first-order valence-corrected chi connectivity index (χ1v) is 6.29. The number of methoxy groups -OCH3 is 2. The van der Waals surface area contributed by atoms with Crippen molar-refractivity contribution >= 4 is 33.6 Å². The molecule has 1 rings (SSSR count). The number of rotatable bonds is 4. The van der Waals surface area contributed by atoms with Crippen molar-refractivity contribution in [2.75, 3.05) is 19.5 Å². The van der Waals surface area contributed by atoms with E-state index >= 15 is 0 Å². The molecule has 7 heteroatoms. The molecule has 0 fully saturated rings. The van der Waals surface area contributed by atoms with Gasteiger partial charge in [0, 0.05) is 11.3 Å². The SMILES string of the molecule is COC(=O)/C=C(/Nc1ccc(Br)c(F)c1C)C(=O)OC. The first-order valence-electron chi connectivity index (χ1n) is 5.50. The fourth-order valence-corrected chi connectivity index (χ4v) is 1.79. The summed E-state index contributed by atoms with van der Waals surface area (Å²) in [4.78, 5) is 22.8. The third-order valence-corrected chi connectivity index (χ3v) is 3.09. The van der Waals surface area contributed by atoms with Crippen LogP contribution in [0.5, 0.6) is 0 Å². The van der Waals surface area contributed by atoms with Crippen LogP contribution < -0.4 is 5.32 Å². The molecule has 0 saturated carbocycles. The number of ether oxygens (including phenoxy) is 2. The molecule has 1 aromatic carbocycles. The second-order valence-corrected chi connectivity index (χ2v) is 4.59. The number of hydrogen-bond acceptors (Lipinski definition) is 5. The van der Waals surface area contributed by atoms with E-state index in [-0.39, 0.29) is 5.70 Å². The van der Waals surface area contributed by atoms with Gasteiger partial charge in [0.1, 0.15) is 11.5 Å². The predicted molar refractivity (Wildman–Crippen MR) is 74.6 cm³/mol. The molecule has 0 spiro atoms. The van der Waals surface area contributed by atoms with Gasteiger partial charge in [-0.2, -0.15) is 0 Å². The fourth-order valence-electron chi connectivity index (χ4n) is 1.37. The van der Waals surface area contributed by atoms with Crippen LogP contribution in [-0.4, -0.2) is 26.2 Å². The van der Waals surface area contributed by atoms with Gasteiger partial charge in [0.05, 0.1) is 24.8 Å². The van der Waals surface area contributed by atoms with Gasteiger partial charge in [-0.3, -0.25) is 0 Å². The van der Waals surface area contributed by atoms with Crippen LogP contribution in [0.15, 0.2) is 28.4 Å². The zero-order valence-electron chi connectivity index (χ0n) is 11.1. The van der Waals surface area contributed by atoms with E-state index in [0.717, 1.165) is 6.08 Å². The van der Waals surface area contributed by atoms with Crippen LogP contribution in [0.3, 0.4) is 0 Å². The molecule has 0 aromatic heterocycles. The minimum atomic E-state index is -0.766. The summed E-state index contributed by atoms with van der Waals surface area (Å²) in [6.45, 7) is 1.54. The minimum absolute atomic E-state index is 0.149. The Morgan fingerprint density at radius 2 is 1.95 bits per heavy atom. The van der Waals surface area contributed by atoms with Crippen molar-refractivity contribution in [1.82, 2.24) is 0 Å². The van der Waals surface area contributed by atoms with E-state index in [1.165, 1.54) is 27.2 Å². The van der Waals surface area contributed by atoms with Crippen LogP contribution in [0.4, 0.5) is 10.1 Å². The third kappa shape index (κ3) is 3.80. The molecule has 108 valence electrons. The van der Waals surface area contributed by atoms with Crippen LogP contribution in [-0.2, 0) is 19.1 Å². The van der Waals surface area contributed by atoms with Crippen LogP contribution in [0.25, 0.3) is 0 Å². The molecule has 0 aliphatic carbocycles. The average Bonchev–Trinajstić information content (AvgIpc) is 2.45. The Labute approximate surface area is 123 Å². The van der Waals surface area contributed by atoms with Gasteiger partial charge in [-0.25, -0.2) is 14.0 Å². The first-order chi connectivity index (χ1) is 9.40. The molecule has 0 aliphatic heterocycles. The van der Waals surface area contributed by atoms with Gasteiger partial charge in [-0.15, -0.1) is 0 Å². The van der Waals surface area contributed by atoms with Crippen molar-refractivity contribution in [3.63, 3.8) is 0 Å². The highest BCUT2D eigenvalue weighted by Crippen LogP contribution is 2.26. The van der Waals surface area contributed by atoms with E-state index < -0.39 is 17.8 Å². The number of anilines is 1. The molecule has 0 heterocycles. The second kappa shape index (κ2) is 7.04. The summed E-state index contributed by atoms with van der Waals surface area (Å²) in [6.07, 6.45) is 0.936. The van der Waals surface area contributed by atoms with Crippen molar-refractivity contribution in [3.05, 3.63) is 39.8 Å². The molecule has 1 N–H and O–H groups in total. The Kier molecular flexibility index (Phi) is 5.69. The van der Waals surface area contributed by atoms with Gasteiger partial charge in [0.25, 0.3) is 0 Å². The number of carbonyl (C=O) groups is 2. The number of benzene rings is 1. The summed E-state index contributed by atoms with van der Waals surface area (Å²) in [5, 5.41) is 2.66. The monoisotopic (exact) mass is 345 g/mol. The number of esters is 2. The van der Waals surface area contributed by atoms with Crippen LogP contribution in [0.2, 0.25) is 0 Å². The van der Waals surface area contributed by atoms with E-state index in [1.807, 2.05) is 0 Å². The molecule has 0 amide bonds. The largest absolute Gasteiger partial charge is 0.466 e. The molecule has 0 unspecified atom stereocenters. The highest BCUT2D eigenvalue weighted by molar-refractivity contribution is 9.10. The molecular weight excluding hydrogens is 333 g/mol. The summed E-state index contributed by atoms with van der Waals surface area (Å²) in [6, 6.07) is 3.05. The molecule has 5 nitrogen and oxygen atoms in total. The molecule has 1 aromatic rings. The van der Waals surface area contributed by atoms with Crippen LogP contribution in [0, 0.1) is 12.7 Å². The highest BCUT2D eigenvalue weighted by atomic mass is 79.9. The smallest absolute Gasteiger partial charge is 0.354 e. The summed E-state index contributed by atoms with van der Waals surface area (Å²) in [5.41, 5.74) is 0.481. The van der Waals surface area contributed by atoms with E-state index in [9.17, 15) is 14.0 Å². The van der Waals surface area contributed by atoms with E-state index in [2.05, 4.69) is 30.7 Å². The highest BCUT2D eigenvalue weighted by Gasteiger charge is 2.15. The van der Waals surface area contributed by atoms with Crippen molar-refractivity contribution in [2.45, 2.75) is 6.92 Å². The first kappa shape index (κ1) is 16.2. The predicted octanol–water partition coefficient (Wildman–Crippen LogP) is 2.54. The lowest BCUT2D eigenvalue weighted by molar-refractivity contribution is -0.138. The fraction of sp³-hybridized carbons (Fsp3) is 0.231. The van der Waals surface area contributed by atoms with Gasteiger partial charge in [0.2, 0.25) is 0 Å². The number of halogens is 2. The summed E-state index contributed by atoms with van der Waals surface area (Å²) in [7, 11) is 2.35. The summed E-state index contributed by atoms with van der Waals surface area (Å²) >= 11 is 3.06. The lowest BCUT2D eigenvalue weighted by atomic mass is 10.2. The maximum atomic E-state index is 13.7. The van der Waals surface area contributed by atoms with Gasteiger partial charge < -0.3 is 14.8 Å². The van der Waals surface area contributed by atoms with Gasteiger partial charge in [-0.1, -0.05) is 0 Å². The normalized spacial score (nSPS) is 10.9. The van der Waals surface area contributed by atoms with Crippen molar-refractivity contribution in [1.29, 1.82) is 0 Å². The summed E-state index contributed by atoms with van der Waals surface area (Å²) in [5.74, 6) is -1.96. The zero-order valence-corrected chi connectivity index (χ0v) is 12.7. The number of carbonyl (C=O) groups excluding carboxylic acids is 2. The van der Waals surface area contributed by atoms with Gasteiger partial charge >= 0.3 is 11.9 Å². The van der Waals surface area contributed by atoms with Gasteiger partial charge in [-0.05, 0) is 35.0 Å². The molecular formula is C13H13BrFNO4. The third-order valence-electron chi connectivity index (χ3n) is 2.48. The maximum absolute atomic E-state index is 13.7. The summed E-state index contributed by atoms with van der Waals surface area (Å²) < 4.78 is 23.0. The minimum Gasteiger partial charge on any atom is -0.466 e. The molecule has 0 aliphatic rings. The molecule has 0 bridgehead atoms. The second-order valence-electron chi connectivity index (χ2n) is 3.73. The van der Waals surface area contributed by atoms with Gasteiger partial charge in [0.15, 0.2) is 0 Å². The maximum Gasteiger partial charge on any atom is 0.354 e. The number of nitrogens with one attached hydrogen (secondary N) is 1. The van der Waals surface area contributed by atoms with Crippen LogP contribution in [0.1, 0.15) is 5.56 Å². The molecule has 0 atom stereocenters. The molecule has 0 saturated heterocycles. The van der Waals surface area contributed by atoms with Crippen LogP contribution >= 0.6 is 15.9 Å². The zero-order chi connectivity index (χ0) is 15.3.